The van der Waals surface area contributed by atoms with Crippen LogP contribution < -0.4 is 41.8 Å². The van der Waals surface area contributed by atoms with Crippen LogP contribution in [0.1, 0.15) is 78.7 Å². The number of benzene rings is 2. The number of ketones is 2. The fraction of sp³-hybridized carbons (Fsp3) is 0.529. The molecular formula is C51H65N9O15S. The molecule has 3 aliphatic rings. The van der Waals surface area contributed by atoms with Crippen LogP contribution in [0.2, 0.25) is 0 Å². The molecule has 1 fully saturated rings. The topological polar surface area (TPSA) is 347 Å². The number of Topliss-reactive ketones (excluding diaryl/α,β-unsaturated/α-hetero) is 2. The van der Waals surface area contributed by atoms with Crippen LogP contribution in [0.15, 0.2) is 47.5 Å². The molecule has 4 heterocycles. The highest BCUT2D eigenvalue weighted by atomic mass is 32.2. The van der Waals surface area contributed by atoms with Crippen molar-refractivity contribution in [1.82, 2.24) is 36.5 Å². The molecule has 1 unspecified atom stereocenters. The number of primary amides is 1. The molecule has 2 aromatic carbocycles. The zero-order valence-electron chi connectivity index (χ0n) is 43.1. The van der Waals surface area contributed by atoms with E-state index >= 15 is 4.79 Å². The Morgan fingerprint density at radius 2 is 1.50 bits per heavy atom. The maximum Gasteiger partial charge on any atom is 0.514 e. The van der Waals surface area contributed by atoms with Crippen LogP contribution in [0.4, 0.5) is 10.5 Å². The summed E-state index contributed by atoms with van der Waals surface area (Å²) in [5.41, 5.74) is 6.50. The highest BCUT2D eigenvalue weighted by molar-refractivity contribution is 7.99. The van der Waals surface area contributed by atoms with Gasteiger partial charge in [0.1, 0.15) is 29.7 Å². The number of aromatic nitrogens is 1. The number of methoxy groups -OCH3 is 1. The molecule has 0 saturated carbocycles. The normalized spacial score (nSPS) is 24.8. The van der Waals surface area contributed by atoms with Gasteiger partial charge in [-0.05, 0) is 54.0 Å². The molecule has 1 saturated heterocycles. The zero-order chi connectivity index (χ0) is 55.5. The van der Waals surface area contributed by atoms with Crippen LogP contribution in [0.25, 0.3) is 10.9 Å². The van der Waals surface area contributed by atoms with Crippen LogP contribution in [0, 0.1) is 39.7 Å². The number of nitrogens with two attached hydrogens (primary N) is 1. The Bertz CT molecular complexity index is 2730. The lowest BCUT2D eigenvalue weighted by atomic mass is 9.81. The van der Waals surface area contributed by atoms with E-state index in [1.165, 1.54) is 7.11 Å². The number of carbonyl (C=O) groups excluding carboxylic acids is 10. The van der Waals surface area contributed by atoms with Gasteiger partial charge in [0.25, 0.3) is 5.69 Å². The standard InChI is InChI=1S/C51H65N9O15S/c1-7-25(3)27(5)45-40(62)16-28-15-35-34-14-13-32(73-6)19-36(34)56-49(35)76-24-37(55-42(64)21-54-48(68)44(26(4)8-2)57-43(65)22-53-46(28)66)39(61)17-29(18-41(52)63)50(69)59-23-33(20-38(59)47(67)58-45)75-51(70)74-31-11-9-30(10-12-31)60(71)72/h9-14,19,25-29,33,37-38,44-45,56H,7-8,15-18,20-24H2,1-6H3,(H2,52,63)(H,53,66)(H,54,68)(H,55,64)(H,57,65)(H,58,67)/t25-,26-,27-,28+,29-,33+,37-,38?,44-,45-/m0/s1. The quantitative estimate of drug-likeness (QED) is 0.0627. The fourth-order valence-electron chi connectivity index (χ4n) is 9.51. The first-order chi connectivity index (χ1) is 36.1. The molecule has 0 radical (unpaired) electrons. The summed E-state index contributed by atoms with van der Waals surface area (Å²) < 4.78 is 16.3. The summed E-state index contributed by atoms with van der Waals surface area (Å²) in [5.74, 6) is -11.0. The summed E-state index contributed by atoms with van der Waals surface area (Å²) >= 11 is 1.08. The number of H-pyrrole nitrogens is 1. The van der Waals surface area contributed by atoms with Gasteiger partial charge in [0.05, 0.1) is 60.2 Å². The van der Waals surface area contributed by atoms with Gasteiger partial charge in [-0.25, -0.2) is 4.79 Å². The Hall–Kier alpha value is -7.57. The number of aromatic amines is 1. The van der Waals surface area contributed by atoms with Crippen LogP contribution in [0.5, 0.6) is 11.5 Å². The first-order valence-corrected chi connectivity index (χ1v) is 26.1. The summed E-state index contributed by atoms with van der Waals surface area (Å²) in [6.07, 6.45) is -4.00. The molecular weight excluding hydrogens is 1010 g/mol. The number of nitro groups is 1. The van der Waals surface area contributed by atoms with Crippen molar-refractivity contribution in [3.63, 3.8) is 0 Å². The Morgan fingerprint density at radius 3 is 2.14 bits per heavy atom. The number of hydrogen-bond acceptors (Lipinski definition) is 16. The number of nitro benzene ring substituents is 1. The Morgan fingerprint density at radius 1 is 0.829 bits per heavy atom. The van der Waals surface area contributed by atoms with Crippen molar-refractivity contribution in [2.75, 3.05) is 32.5 Å². The smallest absolute Gasteiger partial charge is 0.497 e. The SMILES string of the molecule is CC[C@H](C)[C@H](C)[C@@H]1NC(=O)C2C[C@@H](OC(=O)Oc3ccc([N+](=O)[O-])cc3)CN2C(=O)[C@H](CC(N)=O)CC(=O)[C@@H]2CSc3[nH]c4cc(OC)ccc4c3C[C@H](CC1=O)C(=O)NCC(=O)N[C@@H]([C@@H](C)CC)C(=O)NCC(=O)N2. The third kappa shape index (κ3) is 14.4. The van der Waals surface area contributed by atoms with Gasteiger partial charge in [0.15, 0.2) is 11.6 Å². The number of rotatable bonds is 11. The molecule has 6 rings (SSSR count). The van der Waals surface area contributed by atoms with Gasteiger partial charge < -0.3 is 56.4 Å². The summed E-state index contributed by atoms with van der Waals surface area (Å²) in [4.78, 5) is 156. The van der Waals surface area contributed by atoms with Crippen molar-refractivity contribution >= 4 is 87.4 Å². The molecule has 0 aliphatic carbocycles. The Balaban J connectivity index is 1.48. The number of fused-ring (bicyclic) bond motifs is 5. The molecule has 2 bridgehead atoms. The molecule has 25 heteroatoms. The van der Waals surface area contributed by atoms with Gasteiger partial charge in [-0.15, -0.1) is 11.8 Å². The maximum absolute atomic E-state index is 15.1. The van der Waals surface area contributed by atoms with E-state index in [4.69, 9.17) is 19.9 Å². The molecule has 10 atom stereocenters. The molecule has 7 amide bonds. The van der Waals surface area contributed by atoms with E-state index in [9.17, 15) is 53.3 Å². The number of hydrogen-bond donors (Lipinski definition) is 7. The number of non-ortho nitro benzene ring substituents is 1. The van der Waals surface area contributed by atoms with Crippen LogP contribution in [-0.2, 0) is 54.3 Å². The zero-order valence-corrected chi connectivity index (χ0v) is 43.9. The summed E-state index contributed by atoms with van der Waals surface area (Å²) in [6.45, 7) is 7.29. The lowest BCUT2D eigenvalue weighted by Gasteiger charge is -2.33. The van der Waals surface area contributed by atoms with Crippen molar-refractivity contribution in [3.05, 3.63) is 58.1 Å². The molecule has 76 heavy (non-hydrogen) atoms. The summed E-state index contributed by atoms with van der Waals surface area (Å²) in [5, 5.41) is 25.5. The predicted molar refractivity (Wildman–Crippen MR) is 273 cm³/mol. The third-order valence-corrected chi connectivity index (χ3v) is 15.6. The Labute approximate surface area is 441 Å². The van der Waals surface area contributed by atoms with Crippen molar-refractivity contribution in [3.8, 4) is 11.5 Å². The minimum absolute atomic E-state index is 0.124. The van der Waals surface area contributed by atoms with Gasteiger partial charge in [-0.3, -0.25) is 53.3 Å². The van der Waals surface area contributed by atoms with Crippen LogP contribution >= 0.6 is 11.8 Å². The molecule has 8 N–H and O–H groups in total. The van der Waals surface area contributed by atoms with Gasteiger partial charge in [-0.1, -0.05) is 47.5 Å². The number of ether oxygens (including phenoxy) is 3. The van der Waals surface area contributed by atoms with Crippen molar-refractivity contribution in [1.29, 1.82) is 0 Å². The van der Waals surface area contributed by atoms with Gasteiger partial charge in [0, 0.05) is 60.9 Å². The molecule has 1 aromatic heterocycles. The average Bonchev–Trinajstić information content (AvgIpc) is 3.98. The number of amides is 7. The largest absolute Gasteiger partial charge is 0.514 e. The third-order valence-electron chi connectivity index (χ3n) is 14.4. The van der Waals surface area contributed by atoms with Crippen molar-refractivity contribution < 1.29 is 67.1 Å². The molecule has 410 valence electrons. The second-order valence-corrected chi connectivity index (χ2v) is 20.6. The lowest BCUT2D eigenvalue weighted by Crippen LogP contribution is -2.56. The minimum Gasteiger partial charge on any atom is -0.497 e. The van der Waals surface area contributed by atoms with E-state index in [0.717, 1.165) is 40.9 Å². The fourth-order valence-corrected chi connectivity index (χ4v) is 10.7. The molecule has 3 aromatic rings. The van der Waals surface area contributed by atoms with E-state index in [1.807, 2.05) is 13.8 Å². The van der Waals surface area contributed by atoms with Crippen molar-refractivity contribution in [2.45, 2.75) is 115 Å². The average molecular weight is 1080 g/mol. The van der Waals surface area contributed by atoms with Crippen LogP contribution in [0.3, 0.4) is 0 Å². The first-order valence-electron chi connectivity index (χ1n) is 25.1. The highest BCUT2D eigenvalue weighted by Crippen LogP contribution is 2.36. The number of nitrogens with one attached hydrogen (secondary N) is 6. The predicted octanol–water partition coefficient (Wildman–Crippen LogP) is 2.37. The van der Waals surface area contributed by atoms with Gasteiger partial charge in [0.2, 0.25) is 41.4 Å². The summed E-state index contributed by atoms with van der Waals surface area (Å²) in [6, 6.07) is 4.29. The number of nitrogens with zero attached hydrogens (tertiary/aromatic N) is 2. The number of thioether (sulfide) groups is 1. The molecule has 0 spiro atoms. The van der Waals surface area contributed by atoms with E-state index in [-0.39, 0.29) is 35.9 Å². The van der Waals surface area contributed by atoms with Gasteiger partial charge in [-0.2, -0.15) is 0 Å². The number of carbonyl (C=O) groups is 10. The van der Waals surface area contributed by atoms with E-state index in [0.29, 0.717) is 40.1 Å². The van der Waals surface area contributed by atoms with Crippen LogP contribution in [-0.4, -0.2) is 137 Å². The maximum atomic E-state index is 15.1. The minimum atomic E-state index is -1.55. The summed E-state index contributed by atoms with van der Waals surface area (Å²) in [7, 11) is 1.48. The lowest BCUT2D eigenvalue weighted by molar-refractivity contribution is -0.384. The van der Waals surface area contributed by atoms with E-state index in [1.54, 1.807) is 39.0 Å². The van der Waals surface area contributed by atoms with Gasteiger partial charge >= 0.3 is 6.16 Å². The second-order valence-electron chi connectivity index (χ2n) is 19.6. The van der Waals surface area contributed by atoms with E-state index in [2.05, 4.69) is 31.6 Å². The second kappa shape index (κ2) is 25.8. The Kier molecular flexibility index (Phi) is 19.6. The van der Waals surface area contributed by atoms with Crippen molar-refractivity contribution in [2.24, 2.45) is 35.3 Å². The molecule has 3 aliphatic heterocycles. The molecule has 24 nitrogen and oxygen atoms in total. The first kappa shape index (κ1) is 57.7. The monoisotopic (exact) mass is 1080 g/mol. The highest BCUT2D eigenvalue weighted by Gasteiger charge is 2.46. The van der Waals surface area contributed by atoms with E-state index < -0.39 is 157 Å².